The molecule has 1 aromatic heterocycles. The zero-order valence-corrected chi connectivity index (χ0v) is 12.9. The van der Waals surface area contributed by atoms with E-state index in [0.29, 0.717) is 24.3 Å². The lowest BCUT2D eigenvalue weighted by Crippen LogP contribution is -2.26. The van der Waals surface area contributed by atoms with Crippen LogP contribution in [0.1, 0.15) is 23.6 Å². The molecule has 2 aromatic rings. The third-order valence-electron chi connectivity index (χ3n) is 4.29. The van der Waals surface area contributed by atoms with Gasteiger partial charge < -0.3 is 10.2 Å². The molecule has 0 unspecified atom stereocenters. The van der Waals surface area contributed by atoms with Gasteiger partial charge in [0.15, 0.2) is 0 Å². The lowest BCUT2D eigenvalue weighted by molar-refractivity contribution is -0.127. The van der Waals surface area contributed by atoms with Gasteiger partial charge in [0.25, 0.3) is 0 Å². The molecule has 5 heteroatoms. The Balaban J connectivity index is 1.78. The molecule has 2 heterocycles. The molecule has 1 fully saturated rings. The zero-order valence-electron chi connectivity index (χ0n) is 12.9. The Morgan fingerprint density at radius 1 is 1.30 bits per heavy atom. The number of nitriles is 1. The molecule has 5 nitrogen and oxygen atoms in total. The van der Waals surface area contributed by atoms with Gasteiger partial charge in [-0.25, -0.2) is 4.98 Å². The Morgan fingerprint density at radius 2 is 2.09 bits per heavy atom. The van der Waals surface area contributed by atoms with Crippen LogP contribution in [0.25, 0.3) is 0 Å². The fraction of sp³-hybridized carbons (Fsp3) is 0.278. The molecule has 0 aliphatic carbocycles. The van der Waals surface area contributed by atoms with Crippen LogP contribution >= 0.6 is 0 Å². The van der Waals surface area contributed by atoms with Crippen LogP contribution < -0.4 is 5.32 Å². The molecule has 3 rings (SSSR count). The van der Waals surface area contributed by atoms with Crippen LogP contribution in [0.5, 0.6) is 0 Å². The first-order valence-electron chi connectivity index (χ1n) is 7.60. The van der Waals surface area contributed by atoms with E-state index >= 15 is 0 Å². The number of rotatable bonds is 4. The topological polar surface area (TPSA) is 69.0 Å². The van der Waals surface area contributed by atoms with Crippen LogP contribution in [0.15, 0.2) is 48.7 Å². The summed E-state index contributed by atoms with van der Waals surface area (Å²) in [5.74, 6) is 0.861. The Morgan fingerprint density at radius 3 is 2.83 bits per heavy atom. The number of pyridine rings is 1. The summed E-state index contributed by atoms with van der Waals surface area (Å²) in [6.45, 7) is 0.599. The molecule has 1 saturated heterocycles. The van der Waals surface area contributed by atoms with Gasteiger partial charge >= 0.3 is 0 Å². The first kappa shape index (κ1) is 15.0. The van der Waals surface area contributed by atoms with Gasteiger partial charge in [-0.1, -0.05) is 30.3 Å². The maximum Gasteiger partial charge on any atom is 0.223 e. The van der Waals surface area contributed by atoms with Crippen molar-refractivity contribution in [1.82, 2.24) is 9.88 Å². The molecule has 2 atom stereocenters. The van der Waals surface area contributed by atoms with Gasteiger partial charge in [-0.3, -0.25) is 4.79 Å². The van der Waals surface area contributed by atoms with E-state index in [9.17, 15) is 4.79 Å². The number of nitrogens with one attached hydrogen (secondary N) is 1. The molecular formula is C18H18N4O. The summed E-state index contributed by atoms with van der Waals surface area (Å²) in [6.07, 6.45) is 2.15. The zero-order chi connectivity index (χ0) is 16.2. The Bertz CT molecular complexity index is 738. The second kappa shape index (κ2) is 6.49. The van der Waals surface area contributed by atoms with E-state index in [1.165, 1.54) is 0 Å². The van der Waals surface area contributed by atoms with Crippen molar-refractivity contribution in [3.05, 3.63) is 59.8 Å². The van der Waals surface area contributed by atoms with E-state index in [-0.39, 0.29) is 17.9 Å². The second-order valence-electron chi connectivity index (χ2n) is 5.72. The molecule has 1 aliphatic heterocycles. The van der Waals surface area contributed by atoms with Crippen LogP contribution in [0.4, 0.5) is 5.82 Å². The summed E-state index contributed by atoms with van der Waals surface area (Å²) in [4.78, 5) is 18.2. The highest BCUT2D eigenvalue weighted by atomic mass is 16.2. The van der Waals surface area contributed by atoms with Gasteiger partial charge in [0.2, 0.25) is 5.91 Å². The first-order valence-corrected chi connectivity index (χ1v) is 7.60. The van der Waals surface area contributed by atoms with Crippen molar-refractivity contribution in [2.75, 3.05) is 18.9 Å². The van der Waals surface area contributed by atoms with Gasteiger partial charge in [-0.15, -0.1) is 0 Å². The lowest BCUT2D eigenvalue weighted by atomic mass is 9.93. The maximum absolute atomic E-state index is 12.1. The molecule has 116 valence electrons. The van der Waals surface area contributed by atoms with Crippen LogP contribution in [-0.2, 0) is 4.79 Å². The predicted molar refractivity (Wildman–Crippen MR) is 87.5 cm³/mol. The fourth-order valence-corrected chi connectivity index (χ4v) is 3.15. The van der Waals surface area contributed by atoms with Crippen molar-refractivity contribution < 1.29 is 4.79 Å². The van der Waals surface area contributed by atoms with E-state index in [2.05, 4.69) is 16.4 Å². The molecular weight excluding hydrogens is 288 g/mol. The number of aromatic nitrogens is 1. The highest BCUT2D eigenvalue weighted by Gasteiger charge is 2.38. The number of carbonyl (C=O) groups excluding carboxylic acids is 1. The number of carbonyl (C=O) groups is 1. The molecule has 1 aromatic carbocycles. The van der Waals surface area contributed by atoms with E-state index in [1.807, 2.05) is 42.3 Å². The predicted octanol–water partition coefficient (Wildman–Crippen LogP) is 2.58. The number of likely N-dealkylation sites (tertiary alicyclic amines) is 1. The average Bonchev–Trinajstić information content (AvgIpc) is 2.88. The first-order chi connectivity index (χ1) is 11.2. The second-order valence-corrected chi connectivity index (χ2v) is 5.72. The fourth-order valence-electron chi connectivity index (χ4n) is 3.15. The summed E-state index contributed by atoms with van der Waals surface area (Å²) >= 11 is 0. The summed E-state index contributed by atoms with van der Waals surface area (Å²) in [5.41, 5.74) is 1.65. The molecule has 23 heavy (non-hydrogen) atoms. The normalized spacial score (nSPS) is 20.3. The van der Waals surface area contributed by atoms with Crippen molar-refractivity contribution in [2.24, 2.45) is 5.92 Å². The number of hydrogen-bond donors (Lipinski definition) is 1. The number of amides is 1. The summed E-state index contributed by atoms with van der Waals surface area (Å²) in [6, 6.07) is 15.7. The minimum atomic E-state index is 0.0467. The monoisotopic (exact) mass is 306 g/mol. The van der Waals surface area contributed by atoms with Gasteiger partial charge in [0, 0.05) is 32.1 Å². The van der Waals surface area contributed by atoms with Crippen molar-refractivity contribution >= 4 is 11.7 Å². The highest BCUT2D eigenvalue weighted by Crippen LogP contribution is 2.36. The van der Waals surface area contributed by atoms with Crippen molar-refractivity contribution in [3.8, 4) is 6.07 Å². The molecule has 1 aliphatic rings. The molecule has 1 amide bonds. The average molecular weight is 306 g/mol. The van der Waals surface area contributed by atoms with Gasteiger partial charge in [-0.2, -0.15) is 5.26 Å². The molecule has 0 saturated carbocycles. The minimum Gasteiger partial charge on any atom is -0.369 e. The lowest BCUT2D eigenvalue weighted by Gasteiger charge is -2.25. The van der Waals surface area contributed by atoms with Gasteiger partial charge in [-0.05, 0) is 17.7 Å². The molecule has 0 radical (unpaired) electrons. The Kier molecular flexibility index (Phi) is 4.24. The van der Waals surface area contributed by atoms with Crippen LogP contribution in [0.2, 0.25) is 0 Å². The van der Waals surface area contributed by atoms with Crippen LogP contribution in [0.3, 0.4) is 0 Å². The largest absolute Gasteiger partial charge is 0.369 e. The summed E-state index contributed by atoms with van der Waals surface area (Å²) < 4.78 is 0. The molecule has 0 spiro atoms. The van der Waals surface area contributed by atoms with Gasteiger partial charge in [0.05, 0.1) is 11.6 Å². The minimum absolute atomic E-state index is 0.0467. The summed E-state index contributed by atoms with van der Waals surface area (Å²) in [7, 11) is 1.85. The number of nitrogens with zero attached hydrogens (tertiary/aromatic N) is 3. The third kappa shape index (κ3) is 3.02. The van der Waals surface area contributed by atoms with Crippen molar-refractivity contribution in [3.63, 3.8) is 0 Å². The Hall–Kier alpha value is -2.87. The maximum atomic E-state index is 12.1. The number of anilines is 1. The van der Waals surface area contributed by atoms with Crippen molar-refractivity contribution in [2.45, 2.75) is 12.5 Å². The quantitative estimate of drug-likeness (QED) is 0.942. The van der Waals surface area contributed by atoms with E-state index in [0.717, 1.165) is 5.56 Å². The molecule has 0 bridgehead atoms. The van der Waals surface area contributed by atoms with E-state index in [4.69, 9.17) is 5.26 Å². The molecule has 1 N–H and O–H groups in total. The third-order valence-corrected chi connectivity index (χ3v) is 4.29. The SMILES string of the molecule is CN1C(=O)C[C@@H](CNc2ncccc2C#N)[C@@H]1c1ccccc1. The van der Waals surface area contributed by atoms with E-state index < -0.39 is 0 Å². The standard InChI is InChI=1S/C18H18N4O/c1-22-16(23)10-15(17(22)13-6-3-2-4-7-13)12-21-18-14(11-19)8-5-9-20-18/h2-9,15,17H,10,12H2,1H3,(H,20,21)/t15-,17-/m0/s1. The van der Waals surface area contributed by atoms with Crippen LogP contribution in [-0.4, -0.2) is 29.4 Å². The highest BCUT2D eigenvalue weighted by molar-refractivity contribution is 5.79. The number of benzene rings is 1. The number of hydrogen-bond acceptors (Lipinski definition) is 4. The van der Waals surface area contributed by atoms with Crippen molar-refractivity contribution in [1.29, 1.82) is 5.26 Å². The Labute approximate surface area is 135 Å². The van der Waals surface area contributed by atoms with E-state index in [1.54, 1.807) is 18.3 Å². The smallest absolute Gasteiger partial charge is 0.223 e. The summed E-state index contributed by atoms with van der Waals surface area (Å²) in [5, 5.41) is 12.4. The van der Waals surface area contributed by atoms with Crippen LogP contribution in [0, 0.1) is 17.2 Å². The van der Waals surface area contributed by atoms with Gasteiger partial charge in [0.1, 0.15) is 11.9 Å².